The Bertz CT molecular complexity index is 1400. The van der Waals surface area contributed by atoms with Gasteiger partial charge in [0.05, 0.1) is 17.1 Å². The maximum atomic E-state index is 12.7. The molecule has 0 atom stereocenters. The quantitative estimate of drug-likeness (QED) is 0.533. The summed E-state index contributed by atoms with van der Waals surface area (Å²) in [6.07, 6.45) is 5.27. The Kier molecular flexibility index (Phi) is 4.63. The van der Waals surface area contributed by atoms with Crippen molar-refractivity contribution in [2.45, 2.75) is 0 Å². The normalized spacial score (nSPS) is 14.8. The fourth-order valence-electron chi connectivity index (χ4n) is 3.59. The van der Waals surface area contributed by atoms with E-state index in [0.29, 0.717) is 23.5 Å². The number of rotatable bonds is 4. The van der Waals surface area contributed by atoms with Gasteiger partial charge in [-0.3, -0.25) is 19.1 Å². The molecule has 1 N–H and O–H groups in total. The number of carbonyl (C=O) groups is 1. The monoisotopic (exact) mass is 430 g/mol. The van der Waals surface area contributed by atoms with Crippen LogP contribution in [0.15, 0.2) is 79.3 Å². The molecule has 0 unspecified atom stereocenters. The third-order valence-corrected chi connectivity index (χ3v) is 7.03. The van der Waals surface area contributed by atoms with Gasteiger partial charge in [-0.25, -0.2) is 8.42 Å². The molecule has 8 heteroatoms. The summed E-state index contributed by atoms with van der Waals surface area (Å²) < 4.78 is 24.8. The predicted octanol–water partition coefficient (Wildman–Crippen LogP) is 3.70. The van der Waals surface area contributed by atoms with Gasteiger partial charge in [-0.1, -0.05) is 12.1 Å². The van der Waals surface area contributed by atoms with Gasteiger partial charge >= 0.3 is 0 Å². The third kappa shape index (κ3) is 3.62. The molecule has 2 aromatic heterocycles. The van der Waals surface area contributed by atoms with Crippen molar-refractivity contribution in [1.82, 2.24) is 9.97 Å². The molecule has 2 aromatic carbocycles. The van der Waals surface area contributed by atoms with Gasteiger partial charge < -0.3 is 5.32 Å². The van der Waals surface area contributed by atoms with Gasteiger partial charge in [0.1, 0.15) is 0 Å². The van der Waals surface area contributed by atoms with E-state index in [-0.39, 0.29) is 11.7 Å². The molecule has 1 fully saturated rings. The Hall–Kier alpha value is -3.78. The molecule has 31 heavy (non-hydrogen) atoms. The summed E-state index contributed by atoms with van der Waals surface area (Å²) in [6, 6.07) is 17.9. The van der Waals surface area contributed by atoms with Gasteiger partial charge in [0.15, 0.2) is 0 Å². The zero-order valence-electron chi connectivity index (χ0n) is 16.4. The number of anilines is 2. The second-order valence-corrected chi connectivity index (χ2v) is 9.24. The van der Waals surface area contributed by atoms with Crippen molar-refractivity contribution in [3.05, 3.63) is 84.8 Å². The molecule has 154 valence electrons. The summed E-state index contributed by atoms with van der Waals surface area (Å²) in [7, 11) is -3.18. The first-order valence-corrected chi connectivity index (χ1v) is 11.3. The van der Waals surface area contributed by atoms with Crippen LogP contribution in [0.4, 0.5) is 11.4 Å². The minimum atomic E-state index is -3.18. The van der Waals surface area contributed by atoms with E-state index in [1.807, 2.05) is 36.4 Å². The smallest absolute Gasteiger partial charge is 0.255 e. The van der Waals surface area contributed by atoms with Gasteiger partial charge in [-0.05, 0) is 53.9 Å². The number of hydrogen-bond donors (Lipinski definition) is 1. The van der Waals surface area contributed by atoms with Crippen LogP contribution in [0.2, 0.25) is 0 Å². The average Bonchev–Trinajstić information content (AvgIpc) is 2.78. The van der Waals surface area contributed by atoms with Crippen LogP contribution in [0, 0.1) is 0 Å². The highest BCUT2D eigenvalue weighted by Gasteiger charge is 2.32. The van der Waals surface area contributed by atoms with Gasteiger partial charge in [0.2, 0.25) is 10.0 Å². The van der Waals surface area contributed by atoms with Crippen molar-refractivity contribution >= 4 is 38.1 Å². The number of nitrogens with one attached hydrogen (secondary N) is 1. The van der Waals surface area contributed by atoms with Crippen LogP contribution >= 0.6 is 0 Å². The lowest BCUT2D eigenvalue weighted by atomic mass is 10.1. The highest BCUT2D eigenvalue weighted by molar-refractivity contribution is 7.94. The van der Waals surface area contributed by atoms with Crippen LogP contribution in [-0.4, -0.2) is 36.6 Å². The molecule has 4 aromatic rings. The summed E-state index contributed by atoms with van der Waals surface area (Å²) in [5.41, 5.74) is 3.32. The molecule has 0 radical (unpaired) electrons. The second-order valence-electron chi connectivity index (χ2n) is 7.23. The van der Waals surface area contributed by atoms with Crippen LogP contribution in [-0.2, 0) is 10.0 Å². The van der Waals surface area contributed by atoms with E-state index in [1.54, 1.807) is 42.9 Å². The SMILES string of the molecule is O=C(Nc1cccc(-c2nccc3ccncc23)c1)c1ccc(N2CCS2(=O)=O)cc1. The van der Waals surface area contributed by atoms with Crippen LogP contribution < -0.4 is 9.62 Å². The van der Waals surface area contributed by atoms with E-state index >= 15 is 0 Å². The lowest BCUT2D eigenvalue weighted by molar-refractivity contribution is 0.102. The number of carbonyl (C=O) groups excluding carboxylic acids is 1. The number of aromatic nitrogens is 2. The van der Waals surface area contributed by atoms with Crippen LogP contribution in [0.5, 0.6) is 0 Å². The van der Waals surface area contributed by atoms with E-state index in [2.05, 4.69) is 15.3 Å². The standard InChI is InChI=1S/C23H18N4O3S/c28-23(17-4-6-20(7-5-17)27-12-13-31(27,29)30)26-19-3-1-2-18(14-19)22-21-15-24-10-8-16(21)9-11-25-22/h1-11,14-15H,12-13H2,(H,26,28). The molecule has 1 saturated heterocycles. The van der Waals surface area contributed by atoms with Gasteiger partial charge in [-0.2, -0.15) is 0 Å². The number of sulfonamides is 1. The fourth-order valence-corrected chi connectivity index (χ4v) is 4.69. The molecule has 0 saturated carbocycles. The second kappa shape index (κ2) is 7.48. The summed E-state index contributed by atoms with van der Waals surface area (Å²) in [5, 5.41) is 4.87. The Morgan fingerprint density at radius 3 is 2.55 bits per heavy atom. The molecule has 0 spiro atoms. The molecule has 1 amide bonds. The van der Waals surface area contributed by atoms with E-state index in [1.165, 1.54) is 4.31 Å². The lowest BCUT2D eigenvalue weighted by Gasteiger charge is -2.32. The fraction of sp³-hybridized carbons (Fsp3) is 0.0870. The van der Waals surface area contributed by atoms with E-state index in [9.17, 15) is 13.2 Å². The first-order valence-electron chi connectivity index (χ1n) is 9.72. The number of hydrogen-bond acceptors (Lipinski definition) is 5. The van der Waals surface area contributed by atoms with E-state index in [0.717, 1.165) is 22.0 Å². The number of benzene rings is 2. The highest BCUT2D eigenvalue weighted by atomic mass is 32.2. The Morgan fingerprint density at radius 1 is 1.00 bits per heavy atom. The van der Waals surface area contributed by atoms with Crippen molar-refractivity contribution in [2.24, 2.45) is 0 Å². The molecule has 7 nitrogen and oxygen atoms in total. The van der Waals surface area contributed by atoms with Crippen LogP contribution in [0.3, 0.4) is 0 Å². The van der Waals surface area contributed by atoms with Gasteiger partial charge in [0, 0.05) is 47.3 Å². The Labute approximate surface area is 179 Å². The van der Waals surface area contributed by atoms with Crippen molar-refractivity contribution in [3.8, 4) is 11.3 Å². The predicted molar refractivity (Wildman–Crippen MR) is 121 cm³/mol. The number of amides is 1. The minimum Gasteiger partial charge on any atom is -0.322 e. The number of nitrogens with zero attached hydrogens (tertiary/aromatic N) is 3. The molecule has 1 aliphatic heterocycles. The van der Waals surface area contributed by atoms with Crippen molar-refractivity contribution < 1.29 is 13.2 Å². The summed E-state index contributed by atoms with van der Waals surface area (Å²) in [4.78, 5) is 21.4. The number of pyridine rings is 2. The molecule has 0 bridgehead atoms. The zero-order valence-corrected chi connectivity index (χ0v) is 17.2. The average molecular weight is 430 g/mol. The molecule has 1 aliphatic rings. The topological polar surface area (TPSA) is 92.3 Å². The molecule has 0 aliphatic carbocycles. The summed E-state index contributed by atoms with van der Waals surface area (Å²) in [5.74, 6) is -0.115. The van der Waals surface area contributed by atoms with Crippen molar-refractivity contribution in [1.29, 1.82) is 0 Å². The van der Waals surface area contributed by atoms with Gasteiger partial charge in [-0.15, -0.1) is 0 Å². The summed E-state index contributed by atoms with van der Waals surface area (Å²) >= 11 is 0. The van der Waals surface area contributed by atoms with Crippen molar-refractivity contribution in [3.63, 3.8) is 0 Å². The molecular weight excluding hydrogens is 412 g/mol. The first-order chi connectivity index (χ1) is 15.0. The van der Waals surface area contributed by atoms with E-state index in [4.69, 9.17) is 0 Å². The Balaban J connectivity index is 1.38. The summed E-state index contributed by atoms with van der Waals surface area (Å²) in [6.45, 7) is 0.471. The highest BCUT2D eigenvalue weighted by Crippen LogP contribution is 2.28. The maximum Gasteiger partial charge on any atom is 0.255 e. The number of fused-ring (bicyclic) bond motifs is 1. The molecular formula is C23H18N4O3S. The van der Waals surface area contributed by atoms with E-state index < -0.39 is 10.0 Å². The van der Waals surface area contributed by atoms with Crippen LogP contribution in [0.1, 0.15) is 10.4 Å². The first kappa shape index (κ1) is 19.2. The Morgan fingerprint density at radius 2 is 1.81 bits per heavy atom. The lowest BCUT2D eigenvalue weighted by Crippen LogP contribution is -2.47. The van der Waals surface area contributed by atoms with Crippen molar-refractivity contribution in [2.75, 3.05) is 21.9 Å². The third-order valence-electron chi connectivity index (χ3n) is 5.27. The maximum absolute atomic E-state index is 12.7. The van der Waals surface area contributed by atoms with Crippen LogP contribution in [0.25, 0.3) is 22.0 Å². The zero-order chi connectivity index (χ0) is 21.4. The largest absolute Gasteiger partial charge is 0.322 e. The molecule has 3 heterocycles. The van der Waals surface area contributed by atoms with Gasteiger partial charge in [0.25, 0.3) is 5.91 Å². The minimum absolute atomic E-state index is 0.160. The molecule has 5 rings (SSSR count).